The second-order valence-electron chi connectivity index (χ2n) is 5.20. The molecular weight excluding hydrogens is 336 g/mol. The molecule has 2 heterocycles. The van der Waals surface area contributed by atoms with E-state index >= 15 is 0 Å². The van der Waals surface area contributed by atoms with Gasteiger partial charge in [0.2, 0.25) is 11.8 Å². The zero-order valence-electron chi connectivity index (χ0n) is 13.7. The highest BCUT2D eigenvalue weighted by Gasteiger charge is 2.09. The van der Waals surface area contributed by atoms with Crippen molar-refractivity contribution in [1.29, 1.82) is 0 Å². The lowest BCUT2D eigenvalue weighted by molar-refractivity contribution is -0.116. The van der Waals surface area contributed by atoms with Gasteiger partial charge in [-0.15, -0.1) is 0 Å². The number of aromatic nitrogens is 2. The quantitative estimate of drug-likeness (QED) is 0.677. The minimum Gasteiger partial charge on any atom is -0.459 e. The van der Waals surface area contributed by atoms with Gasteiger partial charge in [-0.3, -0.25) is 14.6 Å². The summed E-state index contributed by atoms with van der Waals surface area (Å²) < 4.78 is 10.5. The van der Waals surface area contributed by atoms with Gasteiger partial charge in [0, 0.05) is 37.1 Å². The summed E-state index contributed by atoms with van der Waals surface area (Å²) in [4.78, 5) is 31.6. The molecule has 1 aromatic carbocycles. The Bertz CT molecular complexity index is 866. The van der Waals surface area contributed by atoms with E-state index in [1.54, 1.807) is 42.6 Å². The maximum Gasteiger partial charge on any atom is 0.286 e. The first kappa shape index (κ1) is 17.2. The summed E-state index contributed by atoms with van der Waals surface area (Å²) >= 11 is 0. The molecule has 0 radical (unpaired) electrons. The van der Waals surface area contributed by atoms with Crippen LogP contribution >= 0.6 is 0 Å². The van der Waals surface area contributed by atoms with Gasteiger partial charge in [-0.1, -0.05) is 6.07 Å². The van der Waals surface area contributed by atoms with Crippen LogP contribution in [0.25, 0.3) is 0 Å². The topological polar surface area (TPSA) is 106 Å². The Morgan fingerprint density at radius 3 is 2.85 bits per heavy atom. The number of nitrogens with zero attached hydrogens (tertiary/aromatic N) is 2. The number of furan rings is 1. The van der Waals surface area contributed by atoms with Crippen molar-refractivity contribution in [3.8, 4) is 11.6 Å². The maximum atomic E-state index is 12.0. The van der Waals surface area contributed by atoms with E-state index in [1.165, 1.54) is 18.7 Å². The van der Waals surface area contributed by atoms with Gasteiger partial charge in [0.15, 0.2) is 5.76 Å². The Morgan fingerprint density at radius 2 is 2.08 bits per heavy atom. The Labute approximate surface area is 149 Å². The van der Waals surface area contributed by atoms with E-state index in [4.69, 9.17) is 9.15 Å². The monoisotopic (exact) mass is 352 g/mol. The minimum absolute atomic E-state index is 0.127. The van der Waals surface area contributed by atoms with Gasteiger partial charge in [0.05, 0.1) is 12.5 Å². The van der Waals surface area contributed by atoms with E-state index < -0.39 is 0 Å². The second kappa shape index (κ2) is 8.43. The predicted molar refractivity (Wildman–Crippen MR) is 92.8 cm³/mol. The molecule has 0 bridgehead atoms. The summed E-state index contributed by atoms with van der Waals surface area (Å²) in [7, 11) is 0. The number of anilines is 1. The molecule has 2 N–H and O–H groups in total. The lowest BCUT2D eigenvalue weighted by Crippen LogP contribution is -2.27. The average Bonchev–Trinajstić information content (AvgIpc) is 3.17. The van der Waals surface area contributed by atoms with E-state index in [0.29, 0.717) is 17.3 Å². The number of nitrogens with one attached hydrogen (secondary N) is 2. The number of carbonyl (C=O) groups is 2. The molecule has 0 atom stereocenters. The number of hydrogen-bond acceptors (Lipinski definition) is 6. The fourth-order valence-electron chi connectivity index (χ4n) is 2.10. The van der Waals surface area contributed by atoms with Gasteiger partial charge in [0.25, 0.3) is 5.91 Å². The van der Waals surface area contributed by atoms with Crippen molar-refractivity contribution >= 4 is 17.5 Å². The zero-order chi connectivity index (χ0) is 18.2. The molecular formula is C18H16N4O4. The fraction of sp³-hybridized carbons (Fsp3) is 0.111. The Morgan fingerprint density at radius 1 is 1.15 bits per heavy atom. The van der Waals surface area contributed by atoms with Crippen LogP contribution in [-0.4, -0.2) is 28.3 Å². The van der Waals surface area contributed by atoms with Crippen LogP contribution in [0.1, 0.15) is 17.0 Å². The lowest BCUT2D eigenvalue weighted by atomic mass is 10.3. The van der Waals surface area contributed by atoms with E-state index in [0.717, 1.165) is 0 Å². The number of amides is 2. The average molecular weight is 352 g/mol. The Hall–Kier alpha value is -3.68. The molecule has 8 nitrogen and oxygen atoms in total. The van der Waals surface area contributed by atoms with Gasteiger partial charge in [-0.2, -0.15) is 0 Å². The van der Waals surface area contributed by atoms with Crippen LogP contribution in [0.5, 0.6) is 11.6 Å². The first-order valence-corrected chi connectivity index (χ1v) is 7.86. The van der Waals surface area contributed by atoms with Crippen LogP contribution in [-0.2, 0) is 4.79 Å². The molecule has 0 saturated carbocycles. The summed E-state index contributed by atoms with van der Waals surface area (Å²) in [5, 5.41) is 5.36. The van der Waals surface area contributed by atoms with Crippen molar-refractivity contribution in [2.75, 3.05) is 11.9 Å². The second-order valence-corrected chi connectivity index (χ2v) is 5.20. The summed E-state index contributed by atoms with van der Waals surface area (Å²) in [6, 6.07) is 10.1. The fourth-order valence-corrected chi connectivity index (χ4v) is 2.10. The summed E-state index contributed by atoms with van der Waals surface area (Å²) in [5.74, 6) is 0.494. The van der Waals surface area contributed by atoms with Crippen LogP contribution in [0.15, 0.2) is 65.7 Å². The normalized spacial score (nSPS) is 10.2. The summed E-state index contributed by atoms with van der Waals surface area (Å²) in [6.07, 6.45) is 6.11. The van der Waals surface area contributed by atoms with Crippen molar-refractivity contribution in [2.45, 2.75) is 6.42 Å². The first-order valence-electron chi connectivity index (χ1n) is 7.86. The highest BCUT2D eigenvalue weighted by Crippen LogP contribution is 2.22. The maximum absolute atomic E-state index is 12.0. The third-order valence-corrected chi connectivity index (χ3v) is 3.26. The van der Waals surface area contributed by atoms with Crippen LogP contribution < -0.4 is 15.4 Å². The standard InChI is InChI=1S/C18H16N4O4/c23-16(6-7-21-18(24)15-5-2-10-25-15)22-13-3-1-4-14(11-13)26-17-12-19-8-9-20-17/h1-5,8-12H,6-7H2,(H,21,24)(H,22,23). The van der Waals surface area contributed by atoms with Crippen LogP contribution in [0.2, 0.25) is 0 Å². The molecule has 0 spiro atoms. The number of hydrogen-bond donors (Lipinski definition) is 2. The number of rotatable bonds is 7. The number of ether oxygens (including phenoxy) is 1. The van der Waals surface area contributed by atoms with Gasteiger partial charge in [-0.05, 0) is 24.3 Å². The number of benzene rings is 1. The number of carbonyl (C=O) groups excluding carboxylic acids is 2. The van der Waals surface area contributed by atoms with Crippen LogP contribution in [0.3, 0.4) is 0 Å². The molecule has 2 amide bonds. The largest absolute Gasteiger partial charge is 0.459 e. The minimum atomic E-state index is -0.359. The molecule has 0 aliphatic carbocycles. The predicted octanol–water partition coefficient (Wildman–Crippen LogP) is 2.62. The third-order valence-electron chi connectivity index (χ3n) is 3.26. The molecule has 0 fully saturated rings. The van der Waals surface area contributed by atoms with E-state index in [1.807, 2.05) is 0 Å². The molecule has 132 valence electrons. The van der Waals surface area contributed by atoms with Gasteiger partial charge < -0.3 is 19.8 Å². The van der Waals surface area contributed by atoms with Gasteiger partial charge in [0.1, 0.15) is 5.75 Å². The van der Waals surface area contributed by atoms with E-state index in [9.17, 15) is 9.59 Å². The smallest absolute Gasteiger partial charge is 0.286 e. The summed E-state index contributed by atoms with van der Waals surface area (Å²) in [6.45, 7) is 0.196. The van der Waals surface area contributed by atoms with E-state index in [2.05, 4.69) is 20.6 Å². The van der Waals surface area contributed by atoms with Crippen molar-refractivity contribution in [3.63, 3.8) is 0 Å². The molecule has 3 aromatic rings. The van der Waals surface area contributed by atoms with Crippen molar-refractivity contribution in [1.82, 2.24) is 15.3 Å². The molecule has 3 rings (SSSR count). The Balaban J connectivity index is 1.48. The molecule has 0 aliphatic rings. The highest BCUT2D eigenvalue weighted by molar-refractivity contribution is 5.93. The van der Waals surface area contributed by atoms with E-state index in [-0.39, 0.29) is 30.5 Å². The molecule has 8 heteroatoms. The molecule has 26 heavy (non-hydrogen) atoms. The zero-order valence-corrected chi connectivity index (χ0v) is 13.7. The van der Waals surface area contributed by atoms with Crippen molar-refractivity contribution in [3.05, 3.63) is 67.0 Å². The van der Waals surface area contributed by atoms with Crippen LogP contribution in [0.4, 0.5) is 5.69 Å². The summed E-state index contributed by atoms with van der Waals surface area (Å²) in [5.41, 5.74) is 0.578. The van der Waals surface area contributed by atoms with Crippen LogP contribution in [0, 0.1) is 0 Å². The molecule has 0 aliphatic heterocycles. The molecule has 0 unspecified atom stereocenters. The third kappa shape index (κ3) is 4.91. The van der Waals surface area contributed by atoms with Crippen molar-refractivity contribution < 1.29 is 18.7 Å². The van der Waals surface area contributed by atoms with Crippen molar-refractivity contribution in [2.24, 2.45) is 0 Å². The molecule has 0 saturated heterocycles. The lowest BCUT2D eigenvalue weighted by Gasteiger charge is -2.08. The Kier molecular flexibility index (Phi) is 5.56. The first-order chi connectivity index (χ1) is 12.7. The highest BCUT2D eigenvalue weighted by atomic mass is 16.5. The molecule has 2 aromatic heterocycles. The van der Waals surface area contributed by atoms with Gasteiger partial charge in [-0.25, -0.2) is 4.98 Å². The SMILES string of the molecule is O=C(CCNC(=O)c1ccco1)Nc1cccc(Oc2cnccn2)c1. The van der Waals surface area contributed by atoms with Gasteiger partial charge >= 0.3 is 0 Å².